The molecule has 0 aliphatic carbocycles. The quantitative estimate of drug-likeness (QED) is 0.666. The molecule has 2 fully saturated rings. The van der Waals surface area contributed by atoms with Crippen LogP contribution in [0.4, 0.5) is 4.39 Å². The Kier molecular flexibility index (Phi) is 2.09. The van der Waals surface area contributed by atoms with Crippen molar-refractivity contribution in [1.82, 2.24) is 4.90 Å². The van der Waals surface area contributed by atoms with Crippen molar-refractivity contribution in [2.24, 2.45) is 11.7 Å². The van der Waals surface area contributed by atoms with Crippen LogP contribution in [-0.2, 0) is 0 Å². The first kappa shape index (κ1) is 8.45. The molecule has 0 spiro atoms. The van der Waals surface area contributed by atoms with Gasteiger partial charge in [0.05, 0.1) is 0 Å². The summed E-state index contributed by atoms with van der Waals surface area (Å²) in [6.07, 6.45) is 2.30. The minimum Gasteiger partial charge on any atom is -0.330 e. The third-order valence-electron chi connectivity index (χ3n) is 3.41. The molecule has 2 N–H and O–H groups in total. The van der Waals surface area contributed by atoms with Crippen molar-refractivity contribution in [1.29, 1.82) is 0 Å². The summed E-state index contributed by atoms with van der Waals surface area (Å²) in [6.45, 7) is 3.50. The maximum atomic E-state index is 14.2. The number of hydrogen-bond donors (Lipinski definition) is 1. The predicted octanol–water partition coefficient (Wildman–Crippen LogP) is 0.769. The van der Waals surface area contributed by atoms with E-state index < -0.39 is 5.67 Å². The SMILES string of the molecule is NCCC1(F)CCN2CCC1C2. The fourth-order valence-corrected chi connectivity index (χ4v) is 2.58. The monoisotopic (exact) mass is 172 g/mol. The smallest absolute Gasteiger partial charge is 0.117 e. The third kappa shape index (κ3) is 1.25. The molecular weight excluding hydrogens is 155 g/mol. The Balaban J connectivity index is 2.05. The van der Waals surface area contributed by atoms with Crippen LogP contribution >= 0.6 is 0 Å². The van der Waals surface area contributed by atoms with Crippen molar-refractivity contribution < 1.29 is 4.39 Å². The van der Waals surface area contributed by atoms with Crippen molar-refractivity contribution in [3.05, 3.63) is 0 Å². The number of nitrogens with two attached hydrogens (primary N) is 1. The summed E-state index contributed by atoms with van der Waals surface area (Å²) >= 11 is 0. The number of rotatable bonds is 2. The van der Waals surface area contributed by atoms with Gasteiger partial charge >= 0.3 is 0 Å². The Morgan fingerprint density at radius 1 is 1.50 bits per heavy atom. The molecule has 0 amide bonds. The highest BCUT2D eigenvalue weighted by Gasteiger charge is 2.45. The van der Waals surface area contributed by atoms with Crippen LogP contribution in [0, 0.1) is 5.92 Å². The molecule has 2 aliphatic rings. The average Bonchev–Trinajstić information content (AvgIpc) is 2.45. The van der Waals surface area contributed by atoms with Crippen LogP contribution in [-0.4, -0.2) is 36.7 Å². The van der Waals surface area contributed by atoms with Crippen LogP contribution in [0.15, 0.2) is 0 Å². The van der Waals surface area contributed by atoms with Gasteiger partial charge < -0.3 is 10.6 Å². The lowest BCUT2D eigenvalue weighted by molar-refractivity contribution is 0.0331. The highest BCUT2D eigenvalue weighted by Crippen LogP contribution is 2.40. The van der Waals surface area contributed by atoms with Gasteiger partial charge in [-0.25, -0.2) is 4.39 Å². The number of hydrogen-bond acceptors (Lipinski definition) is 2. The fourth-order valence-electron chi connectivity index (χ4n) is 2.58. The Bertz CT molecular complexity index is 174. The maximum absolute atomic E-state index is 14.2. The Morgan fingerprint density at radius 3 is 3.08 bits per heavy atom. The van der Waals surface area contributed by atoms with Crippen molar-refractivity contribution in [3.8, 4) is 0 Å². The molecule has 70 valence electrons. The molecule has 3 heteroatoms. The first-order valence-electron chi connectivity index (χ1n) is 4.86. The van der Waals surface area contributed by atoms with Crippen LogP contribution in [0.1, 0.15) is 19.3 Å². The van der Waals surface area contributed by atoms with E-state index in [1.54, 1.807) is 0 Å². The molecular formula is C9H17FN2. The van der Waals surface area contributed by atoms with Gasteiger partial charge in [-0.3, -0.25) is 0 Å². The number of alkyl halides is 1. The zero-order valence-corrected chi connectivity index (χ0v) is 7.43. The third-order valence-corrected chi connectivity index (χ3v) is 3.41. The van der Waals surface area contributed by atoms with E-state index >= 15 is 0 Å². The summed E-state index contributed by atoms with van der Waals surface area (Å²) in [4.78, 5) is 2.36. The zero-order valence-electron chi connectivity index (χ0n) is 7.43. The predicted molar refractivity (Wildman–Crippen MR) is 46.7 cm³/mol. The highest BCUT2D eigenvalue weighted by molar-refractivity contribution is 4.97. The second kappa shape index (κ2) is 2.96. The molecule has 2 aliphatic heterocycles. The van der Waals surface area contributed by atoms with Crippen LogP contribution in [0.3, 0.4) is 0 Å². The van der Waals surface area contributed by atoms with Gasteiger partial charge in [-0.1, -0.05) is 0 Å². The van der Waals surface area contributed by atoms with Gasteiger partial charge in [0, 0.05) is 19.0 Å². The first-order valence-corrected chi connectivity index (χ1v) is 4.86. The summed E-state index contributed by atoms with van der Waals surface area (Å²) in [7, 11) is 0. The summed E-state index contributed by atoms with van der Waals surface area (Å²) in [5.41, 5.74) is 4.49. The molecule has 2 bridgehead atoms. The van der Waals surface area contributed by atoms with E-state index in [9.17, 15) is 4.39 Å². The zero-order chi connectivity index (χ0) is 8.60. The van der Waals surface area contributed by atoms with Gasteiger partial charge in [0.15, 0.2) is 0 Å². The summed E-state index contributed by atoms with van der Waals surface area (Å²) < 4.78 is 14.2. The molecule has 0 radical (unpaired) electrons. The van der Waals surface area contributed by atoms with Crippen molar-refractivity contribution >= 4 is 0 Å². The van der Waals surface area contributed by atoms with Gasteiger partial charge in [-0.05, 0) is 32.4 Å². The number of piperidine rings is 1. The molecule has 3 atom stereocenters. The van der Waals surface area contributed by atoms with E-state index in [-0.39, 0.29) is 5.92 Å². The Labute approximate surface area is 72.9 Å². The minimum atomic E-state index is -0.929. The van der Waals surface area contributed by atoms with Crippen molar-refractivity contribution in [3.63, 3.8) is 0 Å². The Morgan fingerprint density at radius 2 is 2.33 bits per heavy atom. The number of halogens is 1. The number of nitrogens with zero attached hydrogens (tertiary/aromatic N) is 1. The van der Waals surface area contributed by atoms with E-state index in [1.165, 1.54) is 0 Å². The van der Waals surface area contributed by atoms with Crippen LogP contribution < -0.4 is 5.73 Å². The molecule has 0 aromatic rings. The van der Waals surface area contributed by atoms with Gasteiger partial charge in [0.1, 0.15) is 5.67 Å². The molecule has 2 heterocycles. The first-order chi connectivity index (χ1) is 5.74. The van der Waals surface area contributed by atoms with Gasteiger partial charge in [-0.15, -0.1) is 0 Å². The van der Waals surface area contributed by atoms with E-state index in [0.29, 0.717) is 19.4 Å². The summed E-state index contributed by atoms with van der Waals surface area (Å²) in [5, 5.41) is 0. The second-order valence-corrected chi connectivity index (χ2v) is 4.11. The van der Waals surface area contributed by atoms with E-state index in [4.69, 9.17) is 5.73 Å². The summed E-state index contributed by atoms with van der Waals surface area (Å²) in [6, 6.07) is 0. The minimum absolute atomic E-state index is 0.273. The molecule has 0 saturated carbocycles. The topological polar surface area (TPSA) is 29.3 Å². The van der Waals surface area contributed by atoms with Gasteiger partial charge in [-0.2, -0.15) is 0 Å². The molecule has 0 aromatic carbocycles. The second-order valence-electron chi connectivity index (χ2n) is 4.11. The largest absolute Gasteiger partial charge is 0.330 e. The lowest BCUT2D eigenvalue weighted by Gasteiger charge is -2.36. The summed E-state index contributed by atoms with van der Waals surface area (Å²) in [5.74, 6) is 0.273. The fraction of sp³-hybridized carbons (Fsp3) is 1.00. The van der Waals surface area contributed by atoms with E-state index in [1.807, 2.05) is 0 Å². The molecule has 2 saturated heterocycles. The molecule has 0 aromatic heterocycles. The normalized spacial score (nSPS) is 46.5. The van der Waals surface area contributed by atoms with E-state index in [0.717, 1.165) is 26.1 Å². The molecule has 3 unspecified atom stereocenters. The van der Waals surface area contributed by atoms with Crippen LogP contribution in [0.25, 0.3) is 0 Å². The van der Waals surface area contributed by atoms with Crippen LogP contribution in [0.5, 0.6) is 0 Å². The Hall–Kier alpha value is -0.150. The molecule has 12 heavy (non-hydrogen) atoms. The highest BCUT2D eigenvalue weighted by atomic mass is 19.1. The van der Waals surface area contributed by atoms with Crippen molar-refractivity contribution in [2.75, 3.05) is 26.2 Å². The lowest BCUT2D eigenvalue weighted by atomic mass is 9.81. The molecule has 2 nitrogen and oxygen atoms in total. The van der Waals surface area contributed by atoms with Gasteiger partial charge in [0.25, 0.3) is 0 Å². The van der Waals surface area contributed by atoms with Crippen molar-refractivity contribution in [2.45, 2.75) is 24.9 Å². The van der Waals surface area contributed by atoms with E-state index in [2.05, 4.69) is 4.90 Å². The average molecular weight is 172 g/mol. The maximum Gasteiger partial charge on any atom is 0.117 e. The van der Waals surface area contributed by atoms with Gasteiger partial charge in [0.2, 0.25) is 0 Å². The number of fused-ring (bicyclic) bond motifs is 2. The molecule has 2 rings (SSSR count). The lowest BCUT2D eigenvalue weighted by Crippen LogP contribution is -2.44. The van der Waals surface area contributed by atoms with Crippen LogP contribution in [0.2, 0.25) is 0 Å². The standard InChI is InChI=1S/C9H17FN2/c10-9(2-4-11)3-6-12-5-1-8(9)7-12/h8H,1-7,11H2.